The van der Waals surface area contributed by atoms with Gasteiger partial charge in [0.05, 0.1) is 18.1 Å². The van der Waals surface area contributed by atoms with Crippen LogP contribution in [0.3, 0.4) is 0 Å². The minimum atomic E-state index is -2.83. The molecule has 3 atom stereocenters. The van der Waals surface area contributed by atoms with E-state index in [9.17, 15) is 13.6 Å². The summed E-state index contributed by atoms with van der Waals surface area (Å²) in [6.07, 6.45) is 4.73. The van der Waals surface area contributed by atoms with Crippen LogP contribution >= 0.6 is 11.6 Å². The van der Waals surface area contributed by atoms with Gasteiger partial charge in [-0.15, -0.1) is 0 Å². The molecule has 1 saturated carbocycles. The summed E-state index contributed by atoms with van der Waals surface area (Å²) in [7, 11) is 1.82. The highest BCUT2D eigenvalue weighted by Gasteiger charge is 2.64. The Morgan fingerprint density at radius 3 is 2.70 bits per heavy atom. The monoisotopic (exact) mass is 437 g/mol. The molecule has 5 rings (SSSR count). The summed E-state index contributed by atoms with van der Waals surface area (Å²) >= 11 is 6.39. The van der Waals surface area contributed by atoms with Crippen molar-refractivity contribution in [2.75, 3.05) is 36.4 Å². The zero-order chi connectivity index (χ0) is 21.3. The lowest BCUT2D eigenvalue weighted by atomic mass is 9.83. The molecule has 1 N–H and O–H groups in total. The number of hydrogen-bond donors (Lipinski definition) is 1. The van der Waals surface area contributed by atoms with Crippen molar-refractivity contribution in [3.8, 4) is 0 Å². The van der Waals surface area contributed by atoms with Crippen molar-refractivity contribution >= 4 is 35.0 Å². The number of alkyl halides is 2. The number of nitrogens with one attached hydrogen (secondary N) is 1. The summed E-state index contributed by atoms with van der Waals surface area (Å²) < 4.78 is 28.3. The summed E-state index contributed by atoms with van der Waals surface area (Å²) in [5, 5.41) is 7.66. The van der Waals surface area contributed by atoms with Crippen molar-refractivity contribution in [2.45, 2.75) is 19.3 Å². The predicted molar refractivity (Wildman–Crippen MR) is 107 cm³/mol. The first-order chi connectivity index (χ1) is 14.1. The number of carbonyl (C=O) groups excluding carboxylic acids is 1. The minimum Gasteiger partial charge on any atom is -0.354 e. The third-order valence-corrected chi connectivity index (χ3v) is 6.66. The molecule has 8 nitrogen and oxygen atoms in total. The van der Waals surface area contributed by atoms with Gasteiger partial charge in [-0.1, -0.05) is 18.5 Å². The van der Waals surface area contributed by atoms with E-state index in [-0.39, 0.29) is 17.8 Å². The zero-order valence-electron chi connectivity index (χ0n) is 16.6. The summed E-state index contributed by atoms with van der Waals surface area (Å²) in [6.45, 7) is 4.36. The molecular weight excluding hydrogens is 416 g/mol. The standard InChI is InChI=1S/C19H22ClF2N7O/c1-18-9-28(6-11(18)7-29(10-18)16(30)13-3-19(13,21)22)15-14(20)5-23-17(26-15)25-12-4-24-27(2)8-12/h4-5,8,11,13H,3,6-7,9-10H2,1-2H3,(H,23,25,26)/t11-,13?,18+/m1/s1. The van der Waals surface area contributed by atoms with E-state index in [0.29, 0.717) is 43.0 Å². The number of hydrogen-bond acceptors (Lipinski definition) is 6. The highest BCUT2D eigenvalue weighted by molar-refractivity contribution is 6.32. The molecule has 2 aliphatic heterocycles. The first-order valence-corrected chi connectivity index (χ1v) is 10.2. The number of anilines is 3. The number of likely N-dealkylation sites (tertiary alicyclic amines) is 1. The predicted octanol–water partition coefficient (Wildman–Crippen LogP) is 2.55. The number of carbonyl (C=O) groups is 1. The summed E-state index contributed by atoms with van der Waals surface area (Å²) in [5.74, 6) is -3.15. The first kappa shape index (κ1) is 19.5. The number of nitrogens with zero attached hydrogens (tertiary/aromatic N) is 6. The normalized spacial score (nSPS) is 29.2. The van der Waals surface area contributed by atoms with Gasteiger partial charge in [0.15, 0.2) is 5.82 Å². The lowest BCUT2D eigenvalue weighted by Gasteiger charge is -2.26. The Morgan fingerprint density at radius 2 is 2.07 bits per heavy atom. The van der Waals surface area contributed by atoms with Gasteiger partial charge in [0.25, 0.3) is 5.92 Å². The maximum Gasteiger partial charge on any atom is 0.260 e. The number of rotatable bonds is 4. The number of halogens is 3. The van der Waals surface area contributed by atoms with Gasteiger partial charge in [0, 0.05) is 57.2 Å². The summed E-state index contributed by atoms with van der Waals surface area (Å²) in [6, 6.07) is 0. The van der Waals surface area contributed by atoms with E-state index in [1.165, 1.54) is 0 Å². The van der Waals surface area contributed by atoms with Gasteiger partial charge in [-0.2, -0.15) is 10.1 Å². The molecule has 1 unspecified atom stereocenters. The number of aromatic nitrogens is 4. The van der Waals surface area contributed by atoms with E-state index in [0.717, 1.165) is 5.69 Å². The van der Waals surface area contributed by atoms with E-state index < -0.39 is 17.7 Å². The van der Waals surface area contributed by atoms with Gasteiger partial charge in [0.1, 0.15) is 10.9 Å². The second-order valence-electron chi connectivity index (χ2n) is 8.86. The van der Waals surface area contributed by atoms with Crippen molar-refractivity contribution in [3.63, 3.8) is 0 Å². The first-order valence-electron chi connectivity index (χ1n) is 9.84. The Balaban J connectivity index is 1.30. The van der Waals surface area contributed by atoms with E-state index in [4.69, 9.17) is 11.6 Å². The van der Waals surface area contributed by atoms with Gasteiger partial charge in [-0.25, -0.2) is 13.8 Å². The van der Waals surface area contributed by atoms with Crippen molar-refractivity contribution < 1.29 is 13.6 Å². The molecule has 0 aromatic carbocycles. The van der Waals surface area contributed by atoms with Crippen LogP contribution in [-0.4, -0.2) is 62.7 Å². The van der Waals surface area contributed by atoms with Crippen LogP contribution in [0.2, 0.25) is 5.02 Å². The third kappa shape index (κ3) is 3.27. The highest BCUT2D eigenvalue weighted by Crippen LogP contribution is 2.52. The maximum atomic E-state index is 13.3. The van der Waals surface area contributed by atoms with Crippen LogP contribution < -0.4 is 10.2 Å². The average Bonchev–Trinajstić information content (AvgIpc) is 2.97. The summed E-state index contributed by atoms with van der Waals surface area (Å²) in [5.41, 5.74) is 0.576. The zero-order valence-corrected chi connectivity index (χ0v) is 17.4. The molecule has 0 spiro atoms. The number of amides is 1. The molecule has 1 amide bonds. The van der Waals surface area contributed by atoms with Gasteiger partial charge in [-0.3, -0.25) is 9.48 Å². The summed E-state index contributed by atoms with van der Waals surface area (Å²) in [4.78, 5) is 24.9. The van der Waals surface area contributed by atoms with Crippen LogP contribution in [0.25, 0.3) is 0 Å². The van der Waals surface area contributed by atoms with Crippen molar-refractivity contribution in [1.82, 2.24) is 24.6 Å². The Hall–Kier alpha value is -2.49. The van der Waals surface area contributed by atoms with E-state index in [2.05, 4.69) is 32.2 Å². The third-order valence-electron chi connectivity index (χ3n) is 6.39. The molecular formula is C19H22ClF2N7O. The van der Waals surface area contributed by atoms with Gasteiger partial charge in [-0.05, 0) is 0 Å². The fraction of sp³-hybridized carbons (Fsp3) is 0.579. The Labute approximate surface area is 177 Å². The van der Waals surface area contributed by atoms with E-state index >= 15 is 0 Å². The largest absolute Gasteiger partial charge is 0.354 e. The molecule has 11 heteroatoms. The van der Waals surface area contributed by atoms with Crippen LogP contribution in [0.15, 0.2) is 18.6 Å². The van der Waals surface area contributed by atoms with Gasteiger partial charge >= 0.3 is 0 Å². The number of fused-ring (bicyclic) bond motifs is 1. The fourth-order valence-corrected chi connectivity index (χ4v) is 4.84. The lowest BCUT2D eigenvalue weighted by molar-refractivity contribution is -0.134. The Morgan fingerprint density at radius 1 is 1.30 bits per heavy atom. The smallest absolute Gasteiger partial charge is 0.260 e. The van der Waals surface area contributed by atoms with E-state index in [1.54, 1.807) is 22.0 Å². The molecule has 2 aromatic rings. The molecule has 160 valence electrons. The molecule has 2 aromatic heterocycles. The molecule has 4 heterocycles. The SMILES string of the molecule is Cn1cc(Nc2ncc(Cl)c(N3C[C@@H]4CN(C(=O)C5CC5(F)F)C[C@]4(C)C3)n2)cn1. The molecule has 0 radical (unpaired) electrons. The van der Waals surface area contributed by atoms with E-state index in [1.807, 2.05) is 13.2 Å². The molecule has 0 bridgehead atoms. The molecule has 30 heavy (non-hydrogen) atoms. The molecule has 1 aliphatic carbocycles. The Bertz CT molecular complexity index is 1010. The topological polar surface area (TPSA) is 79.2 Å². The minimum absolute atomic E-state index is 0.176. The van der Waals surface area contributed by atoms with Crippen LogP contribution in [0.1, 0.15) is 13.3 Å². The highest BCUT2D eigenvalue weighted by atomic mass is 35.5. The van der Waals surface area contributed by atoms with Crippen LogP contribution in [0.4, 0.5) is 26.2 Å². The van der Waals surface area contributed by atoms with Gasteiger partial charge in [0.2, 0.25) is 11.9 Å². The Kier molecular flexibility index (Phi) is 4.22. The quantitative estimate of drug-likeness (QED) is 0.792. The van der Waals surface area contributed by atoms with Crippen LogP contribution in [0.5, 0.6) is 0 Å². The van der Waals surface area contributed by atoms with Crippen LogP contribution in [-0.2, 0) is 11.8 Å². The van der Waals surface area contributed by atoms with Crippen LogP contribution in [0, 0.1) is 17.3 Å². The van der Waals surface area contributed by atoms with Crippen molar-refractivity contribution in [2.24, 2.45) is 24.3 Å². The van der Waals surface area contributed by atoms with Gasteiger partial charge < -0.3 is 15.1 Å². The second-order valence-corrected chi connectivity index (χ2v) is 9.27. The van der Waals surface area contributed by atoms with Crippen molar-refractivity contribution in [3.05, 3.63) is 23.6 Å². The number of aryl methyl sites for hydroxylation is 1. The second kappa shape index (κ2) is 6.50. The maximum absolute atomic E-state index is 13.3. The fourth-order valence-electron chi connectivity index (χ4n) is 4.63. The lowest BCUT2D eigenvalue weighted by Crippen LogP contribution is -2.37. The molecule has 3 aliphatic rings. The molecule has 2 saturated heterocycles. The average molecular weight is 438 g/mol. The molecule has 3 fully saturated rings. The van der Waals surface area contributed by atoms with Crippen molar-refractivity contribution in [1.29, 1.82) is 0 Å².